The summed E-state index contributed by atoms with van der Waals surface area (Å²) in [5, 5.41) is 22.8. The van der Waals surface area contributed by atoms with Crippen molar-refractivity contribution in [3.63, 3.8) is 0 Å². The molecule has 2 N–H and O–H groups in total. The Morgan fingerprint density at radius 2 is 2.05 bits per heavy atom. The van der Waals surface area contributed by atoms with Crippen LogP contribution in [0.1, 0.15) is 20.1 Å². The number of nitro benzene ring substituents is 1. The van der Waals surface area contributed by atoms with Gasteiger partial charge in [0.15, 0.2) is 0 Å². The van der Waals surface area contributed by atoms with Crippen molar-refractivity contribution in [2.75, 3.05) is 5.32 Å². The number of anilines is 1. The van der Waals surface area contributed by atoms with Crippen molar-refractivity contribution in [2.24, 2.45) is 0 Å². The van der Waals surface area contributed by atoms with E-state index in [4.69, 9.17) is 0 Å². The molecule has 2 rings (SSSR count). The van der Waals surface area contributed by atoms with E-state index in [1.165, 1.54) is 23.5 Å². The zero-order valence-corrected chi connectivity index (χ0v) is 11.7. The molecule has 0 fully saturated rings. The third-order valence-corrected chi connectivity index (χ3v) is 3.98. The second kappa shape index (κ2) is 5.30. The SMILES string of the molecule is Cc1cc(C(=O)Nc2ccc([N+](=O)[O-])cc2O)sc1C. The zero-order chi connectivity index (χ0) is 14.9. The molecular weight excluding hydrogens is 280 g/mol. The Kier molecular flexibility index (Phi) is 3.71. The van der Waals surface area contributed by atoms with Crippen LogP contribution < -0.4 is 5.32 Å². The summed E-state index contributed by atoms with van der Waals surface area (Å²) >= 11 is 1.35. The molecule has 0 atom stereocenters. The number of benzene rings is 1. The van der Waals surface area contributed by atoms with E-state index in [-0.39, 0.29) is 23.0 Å². The Labute approximate surface area is 118 Å². The Morgan fingerprint density at radius 1 is 1.35 bits per heavy atom. The molecule has 104 valence electrons. The second-order valence-corrected chi connectivity index (χ2v) is 5.52. The number of non-ortho nitro benzene ring substituents is 1. The van der Waals surface area contributed by atoms with Crippen molar-refractivity contribution >= 4 is 28.6 Å². The quantitative estimate of drug-likeness (QED) is 0.516. The Morgan fingerprint density at radius 3 is 2.55 bits per heavy atom. The minimum atomic E-state index is -0.614. The van der Waals surface area contributed by atoms with Gasteiger partial charge in [0.2, 0.25) is 0 Å². The number of rotatable bonds is 3. The number of hydrogen-bond donors (Lipinski definition) is 2. The molecule has 0 unspecified atom stereocenters. The van der Waals surface area contributed by atoms with Crippen molar-refractivity contribution in [1.82, 2.24) is 0 Å². The van der Waals surface area contributed by atoms with Gasteiger partial charge in [-0.2, -0.15) is 0 Å². The molecule has 0 aliphatic carbocycles. The molecule has 1 amide bonds. The molecule has 0 saturated carbocycles. The number of aryl methyl sites for hydroxylation is 2. The molecule has 6 nitrogen and oxygen atoms in total. The van der Waals surface area contributed by atoms with Crippen LogP contribution in [0.15, 0.2) is 24.3 Å². The number of thiophene rings is 1. The number of hydrogen-bond acceptors (Lipinski definition) is 5. The molecule has 2 aromatic rings. The van der Waals surface area contributed by atoms with Crippen molar-refractivity contribution in [1.29, 1.82) is 0 Å². The molecule has 0 bridgehead atoms. The molecule has 0 saturated heterocycles. The molecule has 0 spiro atoms. The molecule has 1 heterocycles. The summed E-state index contributed by atoms with van der Waals surface area (Å²) in [4.78, 5) is 23.5. The van der Waals surface area contributed by atoms with Crippen LogP contribution in [0.3, 0.4) is 0 Å². The molecule has 1 aromatic heterocycles. The molecule has 7 heteroatoms. The van der Waals surface area contributed by atoms with Crippen LogP contribution in [0.2, 0.25) is 0 Å². The monoisotopic (exact) mass is 292 g/mol. The third-order valence-electron chi connectivity index (χ3n) is 2.83. The highest BCUT2D eigenvalue weighted by Gasteiger charge is 2.15. The summed E-state index contributed by atoms with van der Waals surface area (Å²) in [5.74, 6) is -0.687. The lowest BCUT2D eigenvalue weighted by atomic mass is 10.2. The van der Waals surface area contributed by atoms with Crippen LogP contribution in [0.25, 0.3) is 0 Å². The van der Waals surface area contributed by atoms with Gasteiger partial charge in [0.1, 0.15) is 5.75 Å². The maximum absolute atomic E-state index is 12.0. The predicted molar refractivity (Wildman–Crippen MR) is 76.5 cm³/mol. The zero-order valence-electron chi connectivity index (χ0n) is 10.8. The maximum atomic E-state index is 12.0. The first kappa shape index (κ1) is 14.0. The van der Waals surface area contributed by atoms with E-state index in [9.17, 15) is 20.0 Å². The van der Waals surface area contributed by atoms with Crippen LogP contribution in [0.5, 0.6) is 5.75 Å². The average molecular weight is 292 g/mol. The molecule has 20 heavy (non-hydrogen) atoms. The number of carbonyl (C=O) groups is 1. The topological polar surface area (TPSA) is 92.5 Å². The predicted octanol–water partition coefficient (Wildman–Crippen LogP) is 3.23. The lowest BCUT2D eigenvalue weighted by Gasteiger charge is -2.05. The van der Waals surface area contributed by atoms with Gasteiger partial charge < -0.3 is 10.4 Å². The molecular formula is C13H12N2O4S. The normalized spacial score (nSPS) is 10.3. The lowest BCUT2D eigenvalue weighted by molar-refractivity contribution is -0.384. The summed E-state index contributed by atoms with van der Waals surface area (Å²) in [6, 6.07) is 5.29. The van der Waals surface area contributed by atoms with Gasteiger partial charge in [-0.05, 0) is 31.5 Å². The van der Waals surface area contributed by atoms with Crippen LogP contribution in [-0.4, -0.2) is 15.9 Å². The lowest BCUT2D eigenvalue weighted by Crippen LogP contribution is -2.10. The third kappa shape index (κ3) is 2.77. The van der Waals surface area contributed by atoms with E-state index < -0.39 is 4.92 Å². The van der Waals surface area contributed by atoms with Crippen molar-refractivity contribution in [3.8, 4) is 5.75 Å². The highest BCUT2D eigenvalue weighted by atomic mass is 32.1. The summed E-state index contributed by atoms with van der Waals surface area (Å²) in [6.45, 7) is 3.83. The standard InChI is InChI=1S/C13H12N2O4S/c1-7-5-12(20-8(7)2)13(17)14-10-4-3-9(15(18)19)6-11(10)16/h3-6,16H,1-2H3,(H,14,17). The highest BCUT2D eigenvalue weighted by Crippen LogP contribution is 2.29. The number of amides is 1. The maximum Gasteiger partial charge on any atom is 0.273 e. The summed E-state index contributed by atoms with van der Waals surface area (Å²) in [6.07, 6.45) is 0. The van der Waals surface area contributed by atoms with Crippen molar-refractivity contribution in [3.05, 3.63) is 49.7 Å². The van der Waals surface area contributed by atoms with E-state index in [0.29, 0.717) is 4.88 Å². The minimum absolute atomic E-state index is 0.143. The van der Waals surface area contributed by atoms with Gasteiger partial charge >= 0.3 is 0 Å². The molecule has 0 radical (unpaired) electrons. The van der Waals surface area contributed by atoms with Gasteiger partial charge in [-0.15, -0.1) is 11.3 Å². The minimum Gasteiger partial charge on any atom is -0.506 e. The first-order chi connectivity index (χ1) is 9.38. The number of nitrogens with one attached hydrogen (secondary N) is 1. The van der Waals surface area contributed by atoms with Gasteiger partial charge in [0.05, 0.1) is 21.6 Å². The van der Waals surface area contributed by atoms with E-state index in [1.807, 2.05) is 13.8 Å². The summed E-state index contributed by atoms with van der Waals surface area (Å²) in [5.41, 5.74) is 0.931. The van der Waals surface area contributed by atoms with Gasteiger partial charge in [0.25, 0.3) is 11.6 Å². The Balaban J connectivity index is 2.21. The molecule has 0 aliphatic heterocycles. The van der Waals surface area contributed by atoms with E-state index in [0.717, 1.165) is 16.5 Å². The average Bonchev–Trinajstić information content (AvgIpc) is 2.72. The smallest absolute Gasteiger partial charge is 0.273 e. The number of nitrogens with zero attached hydrogens (tertiary/aromatic N) is 1. The van der Waals surface area contributed by atoms with Crippen molar-refractivity contribution < 1.29 is 14.8 Å². The number of phenolic OH excluding ortho intramolecular Hbond substituents is 1. The van der Waals surface area contributed by atoms with E-state index in [1.54, 1.807) is 6.07 Å². The van der Waals surface area contributed by atoms with Gasteiger partial charge in [-0.1, -0.05) is 0 Å². The fraction of sp³-hybridized carbons (Fsp3) is 0.154. The van der Waals surface area contributed by atoms with Gasteiger partial charge in [-0.3, -0.25) is 14.9 Å². The van der Waals surface area contributed by atoms with Crippen LogP contribution in [0, 0.1) is 24.0 Å². The number of carbonyl (C=O) groups excluding carboxylic acids is 1. The summed E-state index contributed by atoms with van der Waals surface area (Å²) < 4.78 is 0. The second-order valence-electron chi connectivity index (χ2n) is 4.26. The number of nitro groups is 1. The fourth-order valence-electron chi connectivity index (χ4n) is 1.61. The fourth-order valence-corrected chi connectivity index (χ4v) is 2.54. The van der Waals surface area contributed by atoms with Gasteiger partial charge in [-0.25, -0.2) is 0 Å². The largest absolute Gasteiger partial charge is 0.506 e. The number of aromatic hydroxyl groups is 1. The highest BCUT2D eigenvalue weighted by molar-refractivity contribution is 7.14. The van der Waals surface area contributed by atoms with E-state index in [2.05, 4.69) is 5.32 Å². The van der Waals surface area contributed by atoms with Gasteiger partial charge in [0, 0.05) is 10.9 Å². The van der Waals surface area contributed by atoms with Crippen LogP contribution in [-0.2, 0) is 0 Å². The van der Waals surface area contributed by atoms with Crippen molar-refractivity contribution in [2.45, 2.75) is 13.8 Å². The van der Waals surface area contributed by atoms with Crippen LogP contribution in [0.4, 0.5) is 11.4 Å². The summed E-state index contributed by atoms with van der Waals surface area (Å²) in [7, 11) is 0. The molecule has 0 aliphatic rings. The Hall–Kier alpha value is -2.41. The first-order valence-corrected chi connectivity index (χ1v) is 6.56. The van der Waals surface area contributed by atoms with Crippen LogP contribution >= 0.6 is 11.3 Å². The Bertz CT molecular complexity index is 674. The number of phenols is 1. The first-order valence-electron chi connectivity index (χ1n) is 5.74. The van der Waals surface area contributed by atoms with E-state index >= 15 is 0 Å². The molecule has 1 aromatic carbocycles.